The highest BCUT2D eigenvalue weighted by molar-refractivity contribution is 8.00. The second-order valence-electron chi connectivity index (χ2n) is 6.69. The predicted molar refractivity (Wildman–Crippen MR) is 118 cm³/mol. The Kier molecular flexibility index (Phi) is 6.84. The molecule has 0 saturated carbocycles. The summed E-state index contributed by atoms with van der Waals surface area (Å²) < 4.78 is 5.25. The lowest BCUT2D eigenvalue weighted by atomic mass is 10.1. The maximum atomic E-state index is 12.3. The summed E-state index contributed by atoms with van der Waals surface area (Å²) in [5, 5.41) is 4.35. The number of carbonyl (C=O) groups is 3. The summed E-state index contributed by atoms with van der Waals surface area (Å²) in [6, 6.07) is 6.51. The van der Waals surface area contributed by atoms with Crippen molar-refractivity contribution in [3.63, 3.8) is 0 Å². The van der Waals surface area contributed by atoms with E-state index in [0.717, 1.165) is 25.7 Å². The minimum Gasteiger partial charge on any atom is -0.452 e. The van der Waals surface area contributed by atoms with E-state index in [0.29, 0.717) is 11.3 Å². The molecule has 0 spiro atoms. The SMILES string of the molecule is CC(=O)c1ccc(NC(=O)C(C)OC(=O)CSc2ncnc3sc(C)c(C)c23)cc1. The Hall–Kier alpha value is -2.78. The largest absolute Gasteiger partial charge is 0.452 e. The van der Waals surface area contributed by atoms with Gasteiger partial charge >= 0.3 is 5.97 Å². The van der Waals surface area contributed by atoms with E-state index in [-0.39, 0.29) is 11.5 Å². The number of aromatic nitrogens is 2. The summed E-state index contributed by atoms with van der Waals surface area (Å²) in [5.41, 5.74) is 2.18. The Morgan fingerprint density at radius 1 is 1.17 bits per heavy atom. The molecule has 0 radical (unpaired) electrons. The summed E-state index contributed by atoms with van der Waals surface area (Å²) in [5.74, 6) is -0.976. The Balaban J connectivity index is 1.55. The lowest BCUT2D eigenvalue weighted by molar-refractivity contribution is -0.150. The average Bonchev–Trinajstić information content (AvgIpc) is 3.01. The van der Waals surface area contributed by atoms with Crippen LogP contribution < -0.4 is 5.32 Å². The molecule has 30 heavy (non-hydrogen) atoms. The van der Waals surface area contributed by atoms with Crippen LogP contribution in [0.4, 0.5) is 5.69 Å². The van der Waals surface area contributed by atoms with Gasteiger partial charge in [0.2, 0.25) is 0 Å². The number of carbonyl (C=O) groups excluding carboxylic acids is 3. The molecule has 0 aliphatic carbocycles. The Morgan fingerprint density at radius 2 is 1.87 bits per heavy atom. The van der Waals surface area contributed by atoms with Crippen molar-refractivity contribution in [1.82, 2.24) is 9.97 Å². The minimum atomic E-state index is -0.957. The van der Waals surface area contributed by atoms with Crippen LogP contribution in [-0.2, 0) is 14.3 Å². The summed E-state index contributed by atoms with van der Waals surface area (Å²) >= 11 is 2.86. The number of benzene rings is 1. The first-order chi connectivity index (χ1) is 14.3. The van der Waals surface area contributed by atoms with Crippen LogP contribution in [0.5, 0.6) is 0 Å². The lowest BCUT2D eigenvalue weighted by Gasteiger charge is -2.13. The molecule has 2 heterocycles. The quantitative estimate of drug-likeness (QED) is 0.253. The molecule has 7 nitrogen and oxygen atoms in total. The number of esters is 1. The number of nitrogens with one attached hydrogen (secondary N) is 1. The standard InChI is InChI=1S/C21H21N3O4S2/c1-11-14(4)30-21-18(11)20(22-10-23-21)29-9-17(26)28-13(3)19(27)24-16-7-5-15(6-8-16)12(2)25/h5-8,10,13H,9H2,1-4H3,(H,24,27). The number of fused-ring (bicyclic) bond motifs is 1. The molecule has 1 aromatic carbocycles. The number of hydrogen-bond donors (Lipinski definition) is 1. The molecule has 156 valence electrons. The number of nitrogens with zero attached hydrogens (tertiary/aromatic N) is 2. The van der Waals surface area contributed by atoms with Gasteiger partial charge in [0.1, 0.15) is 16.2 Å². The first kappa shape index (κ1) is 21.9. The Bertz CT molecular complexity index is 1110. The van der Waals surface area contributed by atoms with E-state index < -0.39 is 18.0 Å². The molecule has 1 amide bonds. The highest BCUT2D eigenvalue weighted by Gasteiger charge is 2.19. The molecule has 1 N–H and O–H groups in total. The van der Waals surface area contributed by atoms with Crippen molar-refractivity contribution in [2.45, 2.75) is 38.8 Å². The average molecular weight is 444 g/mol. The van der Waals surface area contributed by atoms with Gasteiger partial charge in [-0.15, -0.1) is 11.3 Å². The monoisotopic (exact) mass is 443 g/mol. The van der Waals surface area contributed by atoms with Crippen LogP contribution in [0, 0.1) is 13.8 Å². The summed E-state index contributed by atoms with van der Waals surface area (Å²) in [6.07, 6.45) is 0.528. The van der Waals surface area contributed by atoms with Gasteiger partial charge < -0.3 is 10.1 Å². The number of amides is 1. The summed E-state index contributed by atoms with van der Waals surface area (Å²) in [4.78, 5) is 46.4. The fourth-order valence-corrected chi connectivity index (χ4v) is 4.60. The fourth-order valence-electron chi connectivity index (χ4n) is 2.70. The van der Waals surface area contributed by atoms with Crippen molar-refractivity contribution in [3.05, 3.63) is 46.6 Å². The number of anilines is 1. The van der Waals surface area contributed by atoms with E-state index in [1.807, 2.05) is 13.8 Å². The van der Waals surface area contributed by atoms with E-state index in [2.05, 4.69) is 15.3 Å². The molecule has 1 atom stereocenters. The number of ketones is 1. The number of rotatable bonds is 7. The van der Waals surface area contributed by atoms with Crippen LogP contribution in [0.2, 0.25) is 0 Å². The Morgan fingerprint density at radius 3 is 2.53 bits per heavy atom. The number of thiophene rings is 1. The molecule has 9 heteroatoms. The van der Waals surface area contributed by atoms with Crippen molar-refractivity contribution < 1.29 is 19.1 Å². The van der Waals surface area contributed by atoms with E-state index in [9.17, 15) is 14.4 Å². The van der Waals surface area contributed by atoms with Crippen LogP contribution >= 0.6 is 23.1 Å². The molecule has 0 fully saturated rings. The predicted octanol–water partition coefficient (Wildman–Crippen LogP) is 4.17. The number of hydrogen-bond acceptors (Lipinski definition) is 8. The molecule has 0 bridgehead atoms. The third-order valence-electron chi connectivity index (χ3n) is 4.49. The van der Waals surface area contributed by atoms with Crippen LogP contribution in [0.15, 0.2) is 35.6 Å². The molecular weight excluding hydrogens is 422 g/mol. The first-order valence-electron chi connectivity index (χ1n) is 9.21. The van der Waals surface area contributed by atoms with Crippen molar-refractivity contribution in [2.75, 3.05) is 11.1 Å². The smallest absolute Gasteiger partial charge is 0.317 e. The molecule has 3 aromatic rings. The zero-order chi connectivity index (χ0) is 21.8. The molecule has 0 aliphatic heterocycles. The Labute approximate surface area is 182 Å². The van der Waals surface area contributed by atoms with Crippen molar-refractivity contribution in [1.29, 1.82) is 0 Å². The van der Waals surface area contributed by atoms with Gasteiger partial charge in [0.15, 0.2) is 11.9 Å². The number of aryl methyl sites for hydroxylation is 2. The van der Waals surface area contributed by atoms with Crippen LogP contribution in [0.1, 0.15) is 34.6 Å². The van der Waals surface area contributed by atoms with Gasteiger partial charge in [0.05, 0.1) is 5.75 Å². The summed E-state index contributed by atoms with van der Waals surface area (Å²) in [6.45, 7) is 7.02. The highest BCUT2D eigenvalue weighted by atomic mass is 32.2. The minimum absolute atomic E-state index is 0.0331. The molecule has 2 aromatic heterocycles. The molecule has 3 rings (SSSR count). The van der Waals surface area contributed by atoms with Gasteiger partial charge in [-0.1, -0.05) is 11.8 Å². The van der Waals surface area contributed by atoms with Gasteiger partial charge in [0, 0.05) is 21.5 Å². The van der Waals surface area contributed by atoms with Gasteiger partial charge in [-0.2, -0.15) is 0 Å². The third-order valence-corrected chi connectivity index (χ3v) is 6.57. The van der Waals surface area contributed by atoms with Crippen molar-refractivity contribution >= 4 is 56.7 Å². The normalized spacial score (nSPS) is 11.9. The van der Waals surface area contributed by atoms with Gasteiger partial charge in [-0.25, -0.2) is 9.97 Å². The summed E-state index contributed by atoms with van der Waals surface area (Å²) in [7, 11) is 0. The maximum Gasteiger partial charge on any atom is 0.317 e. The van der Waals surface area contributed by atoms with Crippen molar-refractivity contribution in [2.24, 2.45) is 0 Å². The van der Waals surface area contributed by atoms with Crippen molar-refractivity contribution in [3.8, 4) is 0 Å². The number of ether oxygens (including phenoxy) is 1. The van der Waals surface area contributed by atoms with Gasteiger partial charge in [-0.05, 0) is 57.5 Å². The zero-order valence-electron chi connectivity index (χ0n) is 17.0. The second kappa shape index (κ2) is 9.36. The van der Waals surface area contributed by atoms with Gasteiger partial charge in [0.25, 0.3) is 5.91 Å². The highest BCUT2D eigenvalue weighted by Crippen LogP contribution is 2.34. The van der Waals surface area contributed by atoms with Crippen LogP contribution in [0.3, 0.4) is 0 Å². The van der Waals surface area contributed by atoms with Crippen LogP contribution in [-0.4, -0.2) is 39.5 Å². The molecule has 0 aliphatic rings. The first-order valence-corrected chi connectivity index (χ1v) is 11.0. The fraction of sp³-hybridized carbons (Fsp3) is 0.286. The van der Waals surface area contributed by atoms with Crippen LogP contribution in [0.25, 0.3) is 10.2 Å². The number of thioether (sulfide) groups is 1. The van der Waals surface area contributed by atoms with E-state index in [1.54, 1.807) is 35.6 Å². The van der Waals surface area contributed by atoms with Gasteiger partial charge in [-0.3, -0.25) is 14.4 Å². The number of Topliss-reactive ketones (excluding diaryl/α,β-unsaturated/α-hetero) is 1. The topological polar surface area (TPSA) is 98.2 Å². The maximum absolute atomic E-state index is 12.3. The third kappa shape index (κ3) is 5.03. The molecular formula is C21H21N3O4S2. The zero-order valence-corrected chi connectivity index (χ0v) is 18.6. The second-order valence-corrected chi connectivity index (χ2v) is 8.85. The molecule has 0 saturated heterocycles. The molecule has 1 unspecified atom stereocenters. The van der Waals surface area contributed by atoms with E-state index >= 15 is 0 Å². The van der Waals surface area contributed by atoms with E-state index in [4.69, 9.17) is 4.74 Å². The van der Waals surface area contributed by atoms with E-state index in [1.165, 1.54) is 31.9 Å². The lowest BCUT2D eigenvalue weighted by Crippen LogP contribution is -2.30.